The third-order valence-corrected chi connectivity index (χ3v) is 3.56. The highest BCUT2D eigenvalue weighted by Gasteiger charge is 2.10. The number of carbonyl (C=O) groups is 2. The summed E-state index contributed by atoms with van der Waals surface area (Å²) in [6, 6.07) is 12.1. The summed E-state index contributed by atoms with van der Waals surface area (Å²) in [5.41, 5.74) is 1.53. The Morgan fingerprint density at radius 3 is 2.46 bits per heavy atom. The van der Waals surface area contributed by atoms with E-state index in [0.29, 0.717) is 28.8 Å². The Balaban J connectivity index is 1.74. The van der Waals surface area contributed by atoms with E-state index >= 15 is 0 Å². The molecule has 2 aromatic carbocycles. The second-order valence-corrected chi connectivity index (χ2v) is 5.80. The lowest BCUT2D eigenvalue weighted by molar-refractivity contribution is -0.149. The molecule has 1 N–H and O–H groups in total. The fourth-order valence-electron chi connectivity index (χ4n) is 2.04. The Kier molecular flexibility index (Phi) is 7.29. The van der Waals surface area contributed by atoms with E-state index in [1.807, 2.05) is 19.9 Å². The number of hydrogen-bond donors (Lipinski definition) is 1. The van der Waals surface area contributed by atoms with E-state index < -0.39 is 18.5 Å². The van der Waals surface area contributed by atoms with Crippen LogP contribution in [-0.2, 0) is 14.3 Å². The van der Waals surface area contributed by atoms with Crippen molar-refractivity contribution < 1.29 is 23.8 Å². The van der Waals surface area contributed by atoms with Crippen LogP contribution in [0, 0.1) is 6.92 Å². The van der Waals surface area contributed by atoms with Gasteiger partial charge in [0, 0.05) is 5.69 Å². The van der Waals surface area contributed by atoms with Gasteiger partial charge < -0.3 is 19.5 Å². The minimum absolute atomic E-state index is 0.334. The minimum atomic E-state index is -0.663. The van der Waals surface area contributed by atoms with Crippen molar-refractivity contribution in [1.82, 2.24) is 0 Å². The van der Waals surface area contributed by atoms with Crippen molar-refractivity contribution in [3.05, 3.63) is 53.1 Å². The molecule has 2 rings (SSSR count). The van der Waals surface area contributed by atoms with Crippen LogP contribution >= 0.6 is 11.6 Å². The summed E-state index contributed by atoms with van der Waals surface area (Å²) in [4.78, 5) is 23.5. The van der Waals surface area contributed by atoms with Gasteiger partial charge in [0.15, 0.2) is 13.2 Å². The van der Waals surface area contributed by atoms with Crippen LogP contribution in [0.1, 0.15) is 12.5 Å². The van der Waals surface area contributed by atoms with E-state index in [4.69, 9.17) is 25.8 Å². The highest BCUT2D eigenvalue weighted by molar-refractivity contribution is 6.32. The summed E-state index contributed by atoms with van der Waals surface area (Å²) in [7, 11) is 0. The number of amides is 1. The highest BCUT2D eigenvalue weighted by atomic mass is 35.5. The molecule has 26 heavy (non-hydrogen) atoms. The molecule has 0 heterocycles. The first-order valence-electron chi connectivity index (χ1n) is 8.05. The molecule has 0 aromatic heterocycles. The second-order valence-electron chi connectivity index (χ2n) is 5.39. The van der Waals surface area contributed by atoms with Crippen LogP contribution < -0.4 is 14.8 Å². The van der Waals surface area contributed by atoms with Crippen molar-refractivity contribution in [3.63, 3.8) is 0 Å². The van der Waals surface area contributed by atoms with Gasteiger partial charge in [0.25, 0.3) is 5.91 Å². The molecular formula is C19H20ClNO5. The second kappa shape index (κ2) is 9.68. The Morgan fingerprint density at radius 1 is 1.04 bits per heavy atom. The lowest BCUT2D eigenvalue weighted by Gasteiger charge is -2.10. The Morgan fingerprint density at radius 2 is 1.77 bits per heavy atom. The lowest BCUT2D eigenvalue weighted by Crippen LogP contribution is -2.23. The van der Waals surface area contributed by atoms with Gasteiger partial charge in [-0.2, -0.15) is 0 Å². The van der Waals surface area contributed by atoms with E-state index in [1.165, 1.54) is 0 Å². The van der Waals surface area contributed by atoms with Crippen LogP contribution in [0.2, 0.25) is 5.02 Å². The van der Waals surface area contributed by atoms with Gasteiger partial charge in [0.1, 0.15) is 11.5 Å². The van der Waals surface area contributed by atoms with Crippen molar-refractivity contribution in [2.75, 3.05) is 25.1 Å². The first-order valence-corrected chi connectivity index (χ1v) is 8.43. The van der Waals surface area contributed by atoms with Crippen molar-refractivity contribution >= 4 is 29.2 Å². The largest absolute Gasteiger partial charge is 0.494 e. The van der Waals surface area contributed by atoms with Crippen LogP contribution in [0.25, 0.3) is 0 Å². The van der Waals surface area contributed by atoms with Crippen molar-refractivity contribution in [2.24, 2.45) is 0 Å². The average molecular weight is 378 g/mol. The molecule has 0 fully saturated rings. The molecule has 6 nitrogen and oxygen atoms in total. The summed E-state index contributed by atoms with van der Waals surface area (Å²) < 4.78 is 15.5. The normalized spacial score (nSPS) is 10.1. The van der Waals surface area contributed by atoms with Gasteiger partial charge in [0.2, 0.25) is 0 Å². The van der Waals surface area contributed by atoms with Gasteiger partial charge in [-0.25, -0.2) is 4.79 Å². The summed E-state index contributed by atoms with van der Waals surface area (Å²) in [6.07, 6.45) is 0. The monoisotopic (exact) mass is 377 g/mol. The maximum Gasteiger partial charge on any atom is 0.344 e. The predicted molar refractivity (Wildman–Crippen MR) is 98.9 cm³/mol. The number of nitrogens with one attached hydrogen (secondary N) is 1. The molecule has 0 aliphatic carbocycles. The van der Waals surface area contributed by atoms with Gasteiger partial charge in [-0.3, -0.25) is 4.79 Å². The maximum atomic E-state index is 11.8. The molecule has 0 aliphatic rings. The number of hydrogen-bond acceptors (Lipinski definition) is 5. The number of esters is 1. The minimum Gasteiger partial charge on any atom is -0.494 e. The Labute approximate surface area is 157 Å². The number of ether oxygens (including phenoxy) is 3. The van der Waals surface area contributed by atoms with Crippen molar-refractivity contribution in [3.8, 4) is 11.5 Å². The third-order valence-electron chi connectivity index (χ3n) is 3.25. The molecule has 138 valence electrons. The van der Waals surface area contributed by atoms with Crippen molar-refractivity contribution in [2.45, 2.75) is 13.8 Å². The molecule has 0 radical (unpaired) electrons. The topological polar surface area (TPSA) is 73.9 Å². The molecule has 1 amide bonds. The lowest BCUT2D eigenvalue weighted by atomic mass is 10.2. The number of carbonyl (C=O) groups excluding carboxylic acids is 2. The summed E-state index contributed by atoms with van der Waals surface area (Å²) >= 11 is 5.98. The van der Waals surface area contributed by atoms with E-state index in [-0.39, 0.29) is 6.61 Å². The summed E-state index contributed by atoms with van der Waals surface area (Å²) in [6.45, 7) is 3.60. The summed E-state index contributed by atoms with van der Waals surface area (Å²) in [5.74, 6) is -0.00754. The molecule has 0 aliphatic heterocycles. The van der Waals surface area contributed by atoms with E-state index in [2.05, 4.69) is 5.32 Å². The highest BCUT2D eigenvalue weighted by Crippen LogP contribution is 2.25. The first kappa shape index (κ1) is 19.6. The van der Waals surface area contributed by atoms with E-state index in [9.17, 15) is 9.59 Å². The molecule has 0 spiro atoms. The van der Waals surface area contributed by atoms with E-state index in [0.717, 1.165) is 5.56 Å². The number of aryl methyl sites for hydroxylation is 1. The van der Waals surface area contributed by atoms with E-state index in [1.54, 1.807) is 36.4 Å². The fraction of sp³-hybridized carbons (Fsp3) is 0.263. The smallest absolute Gasteiger partial charge is 0.344 e. The molecular weight excluding hydrogens is 358 g/mol. The van der Waals surface area contributed by atoms with Crippen LogP contribution in [-0.4, -0.2) is 31.7 Å². The quantitative estimate of drug-likeness (QED) is 0.711. The zero-order chi connectivity index (χ0) is 18.9. The first-order chi connectivity index (χ1) is 12.5. The van der Waals surface area contributed by atoms with Gasteiger partial charge in [-0.1, -0.05) is 17.7 Å². The molecule has 7 heteroatoms. The number of halogens is 1. The Bertz CT molecular complexity index is 761. The zero-order valence-corrected chi connectivity index (χ0v) is 15.3. The van der Waals surface area contributed by atoms with Gasteiger partial charge in [-0.15, -0.1) is 0 Å². The molecule has 0 saturated carbocycles. The molecule has 0 atom stereocenters. The number of benzene rings is 2. The average Bonchev–Trinajstić information content (AvgIpc) is 2.62. The van der Waals surface area contributed by atoms with Crippen LogP contribution in [0.5, 0.6) is 11.5 Å². The maximum absolute atomic E-state index is 11.8. The fourth-order valence-corrected chi connectivity index (χ4v) is 2.22. The standard InChI is InChI=1S/C19H20ClNO5/c1-3-24-15-7-5-14(6-8-15)21-18(22)11-26-19(23)12-25-17-10-13(2)4-9-16(17)20/h4-10H,3,11-12H2,1-2H3,(H,21,22). The molecule has 0 saturated heterocycles. The van der Waals surface area contributed by atoms with Crippen LogP contribution in [0.15, 0.2) is 42.5 Å². The number of rotatable bonds is 8. The van der Waals surface area contributed by atoms with Gasteiger partial charge in [-0.05, 0) is 55.8 Å². The Hall–Kier alpha value is -2.73. The van der Waals surface area contributed by atoms with Gasteiger partial charge >= 0.3 is 5.97 Å². The molecule has 0 bridgehead atoms. The van der Waals surface area contributed by atoms with Gasteiger partial charge in [0.05, 0.1) is 11.6 Å². The molecule has 0 unspecified atom stereocenters. The third kappa shape index (κ3) is 6.29. The SMILES string of the molecule is CCOc1ccc(NC(=O)COC(=O)COc2cc(C)ccc2Cl)cc1. The predicted octanol–water partition coefficient (Wildman–Crippen LogP) is 3.61. The van der Waals surface area contributed by atoms with Crippen LogP contribution in [0.4, 0.5) is 5.69 Å². The summed E-state index contributed by atoms with van der Waals surface area (Å²) in [5, 5.41) is 3.02. The zero-order valence-electron chi connectivity index (χ0n) is 14.6. The number of anilines is 1. The molecule has 2 aromatic rings. The van der Waals surface area contributed by atoms with Crippen LogP contribution in [0.3, 0.4) is 0 Å². The van der Waals surface area contributed by atoms with Crippen molar-refractivity contribution in [1.29, 1.82) is 0 Å².